The fraction of sp³-hybridized carbons (Fsp3) is 0.160. The number of benzene rings is 3. The Morgan fingerprint density at radius 1 is 1.06 bits per heavy atom. The second-order valence-corrected chi connectivity index (χ2v) is 11.4. The number of methoxy groups -OCH3 is 1. The maximum absolute atomic E-state index is 13.2. The third-order valence-electron chi connectivity index (χ3n) is 5.38. The van der Waals surface area contributed by atoms with Crippen LogP contribution in [0.4, 0.5) is 5.69 Å². The Morgan fingerprint density at radius 2 is 1.75 bits per heavy atom. The Kier molecular flexibility index (Phi) is 7.72. The van der Waals surface area contributed by atoms with Crippen molar-refractivity contribution in [2.45, 2.75) is 18.4 Å². The first-order valence-electron chi connectivity index (χ1n) is 10.9. The lowest BCUT2D eigenvalue weighted by Gasteiger charge is -2.22. The van der Waals surface area contributed by atoms with Crippen LogP contribution in [0.3, 0.4) is 0 Å². The molecule has 0 bridgehead atoms. The first-order valence-corrected chi connectivity index (χ1v) is 13.9. The van der Waals surface area contributed by atoms with E-state index in [1.54, 1.807) is 35.8 Å². The summed E-state index contributed by atoms with van der Waals surface area (Å²) in [7, 11) is -2.52. The third-order valence-corrected chi connectivity index (χ3v) is 8.83. The molecule has 0 unspecified atom stereocenters. The normalized spacial score (nSPS) is 12.0. The highest BCUT2D eigenvalue weighted by Crippen LogP contribution is 2.24. The van der Waals surface area contributed by atoms with Crippen LogP contribution in [0.5, 0.6) is 0 Å². The summed E-state index contributed by atoms with van der Waals surface area (Å²) in [5, 5.41) is 0. The van der Waals surface area contributed by atoms with Crippen molar-refractivity contribution in [3.8, 4) is 0 Å². The van der Waals surface area contributed by atoms with E-state index in [0.29, 0.717) is 10.5 Å². The molecule has 3 aromatic carbocycles. The van der Waals surface area contributed by atoms with Crippen LogP contribution in [0, 0.1) is 0 Å². The van der Waals surface area contributed by atoms with Gasteiger partial charge in [-0.3, -0.25) is 13.9 Å². The molecule has 0 saturated carbocycles. The molecule has 0 aliphatic rings. The topological polar surface area (TPSA) is 98.0 Å². The molecule has 11 heteroatoms. The molecule has 186 valence electrons. The highest BCUT2D eigenvalue weighted by Gasteiger charge is 2.23. The van der Waals surface area contributed by atoms with Crippen LogP contribution in [0.1, 0.15) is 17.3 Å². The van der Waals surface area contributed by atoms with E-state index in [2.05, 4.69) is 20.9 Å². The number of anilines is 1. The molecule has 1 amide bonds. The Labute approximate surface area is 220 Å². The fourth-order valence-corrected chi connectivity index (χ4v) is 6.67. The van der Waals surface area contributed by atoms with E-state index >= 15 is 0 Å². The minimum atomic E-state index is -3.82. The summed E-state index contributed by atoms with van der Waals surface area (Å²) in [6.07, 6.45) is 0. The highest BCUT2D eigenvalue weighted by atomic mass is 79.9. The molecule has 0 N–H and O–H groups in total. The first-order chi connectivity index (χ1) is 17.2. The number of rotatable bonds is 7. The van der Waals surface area contributed by atoms with Crippen molar-refractivity contribution in [2.24, 2.45) is 4.99 Å². The second kappa shape index (κ2) is 10.8. The average Bonchev–Trinajstić information content (AvgIpc) is 3.20. The van der Waals surface area contributed by atoms with E-state index in [9.17, 15) is 18.0 Å². The van der Waals surface area contributed by atoms with Crippen LogP contribution in [0.2, 0.25) is 0 Å². The number of halogens is 1. The van der Waals surface area contributed by atoms with Crippen molar-refractivity contribution in [1.82, 2.24) is 4.57 Å². The SMILES string of the molecule is CCN(c1ccccc1)S(=O)(=O)c1ccc(C(=O)N=c2sc3cc(Br)ccc3n2CC(=O)OC)cc1. The number of sulfonamides is 1. The van der Waals surface area contributed by atoms with Gasteiger partial charge in [-0.25, -0.2) is 8.42 Å². The van der Waals surface area contributed by atoms with Gasteiger partial charge in [0.05, 0.1) is 27.9 Å². The lowest BCUT2D eigenvalue weighted by atomic mass is 10.2. The summed E-state index contributed by atoms with van der Waals surface area (Å²) in [5.41, 5.74) is 1.52. The molecule has 0 atom stereocenters. The van der Waals surface area contributed by atoms with Crippen LogP contribution < -0.4 is 9.11 Å². The van der Waals surface area contributed by atoms with E-state index in [0.717, 1.165) is 14.7 Å². The van der Waals surface area contributed by atoms with E-state index in [1.165, 1.54) is 47.0 Å². The van der Waals surface area contributed by atoms with Crippen LogP contribution in [0.25, 0.3) is 10.2 Å². The Morgan fingerprint density at radius 3 is 2.39 bits per heavy atom. The second-order valence-electron chi connectivity index (χ2n) is 7.61. The Hall–Kier alpha value is -3.28. The average molecular weight is 589 g/mol. The van der Waals surface area contributed by atoms with Crippen LogP contribution in [-0.4, -0.2) is 38.5 Å². The number of hydrogen-bond acceptors (Lipinski definition) is 6. The number of fused-ring (bicyclic) bond motifs is 1. The molecule has 0 saturated heterocycles. The zero-order valence-corrected chi connectivity index (χ0v) is 22.6. The van der Waals surface area contributed by atoms with E-state index in [-0.39, 0.29) is 23.5 Å². The number of thiazole rings is 1. The van der Waals surface area contributed by atoms with Gasteiger partial charge >= 0.3 is 5.97 Å². The van der Waals surface area contributed by atoms with E-state index in [4.69, 9.17) is 4.74 Å². The molecule has 8 nitrogen and oxygen atoms in total. The van der Waals surface area contributed by atoms with Crippen molar-refractivity contribution in [2.75, 3.05) is 18.0 Å². The van der Waals surface area contributed by atoms with Gasteiger partial charge in [-0.15, -0.1) is 0 Å². The molecule has 4 rings (SSSR count). The van der Waals surface area contributed by atoms with E-state index < -0.39 is 21.9 Å². The molecule has 36 heavy (non-hydrogen) atoms. The molecular weight excluding hydrogens is 566 g/mol. The van der Waals surface area contributed by atoms with Gasteiger partial charge in [0.1, 0.15) is 6.54 Å². The van der Waals surface area contributed by atoms with Crippen molar-refractivity contribution in [3.05, 3.63) is 87.6 Å². The number of carbonyl (C=O) groups is 2. The maximum atomic E-state index is 13.2. The quantitative estimate of drug-likeness (QED) is 0.294. The number of amides is 1. The Bertz CT molecular complexity index is 1590. The van der Waals surface area contributed by atoms with Gasteiger partial charge in [0, 0.05) is 16.6 Å². The predicted octanol–water partition coefficient (Wildman–Crippen LogP) is 4.59. The summed E-state index contributed by atoms with van der Waals surface area (Å²) in [6, 6.07) is 20.0. The minimum Gasteiger partial charge on any atom is -0.468 e. The maximum Gasteiger partial charge on any atom is 0.325 e. The van der Waals surface area contributed by atoms with Gasteiger partial charge in [0.25, 0.3) is 15.9 Å². The van der Waals surface area contributed by atoms with Crippen molar-refractivity contribution in [1.29, 1.82) is 0 Å². The van der Waals surface area contributed by atoms with Crippen molar-refractivity contribution in [3.63, 3.8) is 0 Å². The fourth-order valence-electron chi connectivity index (χ4n) is 3.61. The van der Waals surface area contributed by atoms with Crippen LogP contribution in [-0.2, 0) is 26.1 Å². The lowest BCUT2D eigenvalue weighted by Crippen LogP contribution is -2.30. The molecule has 0 aliphatic carbocycles. The monoisotopic (exact) mass is 587 g/mol. The van der Waals surface area contributed by atoms with Crippen molar-refractivity contribution < 1.29 is 22.7 Å². The standard InChI is InChI=1S/C25H22BrN3O5S2/c1-3-29(19-7-5-4-6-8-19)36(32,33)20-12-9-17(10-13-20)24(31)27-25-28(16-23(30)34-2)21-14-11-18(26)15-22(21)35-25/h4-15H,3,16H2,1-2H3. The molecule has 1 heterocycles. The molecule has 0 radical (unpaired) electrons. The summed E-state index contributed by atoms with van der Waals surface area (Å²) < 4.78 is 35.8. The Balaban J connectivity index is 1.68. The summed E-state index contributed by atoms with van der Waals surface area (Å²) in [6.45, 7) is 1.91. The smallest absolute Gasteiger partial charge is 0.325 e. The summed E-state index contributed by atoms with van der Waals surface area (Å²) in [4.78, 5) is 29.6. The molecular formula is C25H22BrN3O5S2. The number of carbonyl (C=O) groups excluding carboxylic acids is 2. The van der Waals surface area contributed by atoms with Crippen LogP contribution in [0.15, 0.2) is 87.2 Å². The van der Waals surface area contributed by atoms with Gasteiger partial charge in [0.2, 0.25) is 0 Å². The number of nitrogens with zero attached hydrogens (tertiary/aromatic N) is 3. The summed E-state index contributed by atoms with van der Waals surface area (Å²) >= 11 is 4.69. The molecule has 0 aliphatic heterocycles. The molecule has 0 fully saturated rings. The number of para-hydroxylation sites is 1. The van der Waals surface area contributed by atoms with Gasteiger partial charge in [-0.05, 0) is 61.5 Å². The zero-order valence-electron chi connectivity index (χ0n) is 19.4. The van der Waals surface area contributed by atoms with Gasteiger partial charge < -0.3 is 9.30 Å². The van der Waals surface area contributed by atoms with Gasteiger partial charge in [-0.2, -0.15) is 4.99 Å². The largest absolute Gasteiger partial charge is 0.468 e. The number of hydrogen-bond donors (Lipinski definition) is 0. The number of aromatic nitrogens is 1. The van der Waals surface area contributed by atoms with Crippen LogP contribution >= 0.6 is 27.3 Å². The number of ether oxygens (including phenoxy) is 1. The first kappa shape index (κ1) is 25.8. The lowest BCUT2D eigenvalue weighted by molar-refractivity contribution is -0.141. The minimum absolute atomic E-state index is 0.0669. The molecule has 1 aromatic heterocycles. The van der Waals surface area contributed by atoms with E-state index in [1.807, 2.05) is 24.3 Å². The third kappa shape index (κ3) is 5.28. The predicted molar refractivity (Wildman–Crippen MR) is 143 cm³/mol. The van der Waals surface area contributed by atoms with Gasteiger partial charge in [0.15, 0.2) is 4.80 Å². The van der Waals surface area contributed by atoms with Crippen molar-refractivity contribution >= 4 is 65.1 Å². The molecule has 4 aromatic rings. The summed E-state index contributed by atoms with van der Waals surface area (Å²) in [5.74, 6) is -1.03. The van der Waals surface area contributed by atoms with Gasteiger partial charge in [-0.1, -0.05) is 45.5 Å². The highest BCUT2D eigenvalue weighted by molar-refractivity contribution is 9.10. The number of esters is 1. The zero-order chi connectivity index (χ0) is 25.9. The molecule has 0 spiro atoms.